The Bertz CT molecular complexity index is 849. The minimum absolute atomic E-state index is 0.0360. The molecule has 1 atom stereocenters. The first-order valence-corrected chi connectivity index (χ1v) is 11.2. The summed E-state index contributed by atoms with van der Waals surface area (Å²) in [6.45, 7) is 6.78. The number of rotatable bonds is 8. The summed E-state index contributed by atoms with van der Waals surface area (Å²) in [7, 11) is 0. The SMILES string of the molecule is CCCCOc1ccc(C(=O)N2CCCC(CNC(=O)Nc3ccc(C)cc3)C2)cc1. The summed E-state index contributed by atoms with van der Waals surface area (Å²) < 4.78 is 5.68. The molecular weight excluding hydrogens is 390 g/mol. The van der Waals surface area contributed by atoms with E-state index in [1.807, 2.05) is 60.4 Å². The Balaban J connectivity index is 1.46. The fraction of sp³-hybridized carbons (Fsp3) is 0.440. The van der Waals surface area contributed by atoms with E-state index in [9.17, 15) is 9.59 Å². The molecule has 2 aromatic rings. The van der Waals surface area contributed by atoms with Crippen LogP contribution in [0.2, 0.25) is 0 Å². The third-order valence-electron chi connectivity index (χ3n) is 5.53. The Morgan fingerprint density at radius 1 is 1.10 bits per heavy atom. The van der Waals surface area contributed by atoms with Crippen molar-refractivity contribution in [3.05, 3.63) is 59.7 Å². The van der Waals surface area contributed by atoms with Crippen molar-refractivity contribution in [2.45, 2.75) is 39.5 Å². The third kappa shape index (κ3) is 7.02. The molecule has 166 valence electrons. The lowest BCUT2D eigenvalue weighted by molar-refractivity contribution is 0.0675. The number of aryl methyl sites for hydroxylation is 1. The van der Waals surface area contributed by atoms with Gasteiger partial charge >= 0.3 is 6.03 Å². The lowest BCUT2D eigenvalue weighted by Crippen LogP contribution is -2.44. The van der Waals surface area contributed by atoms with Gasteiger partial charge in [-0.3, -0.25) is 4.79 Å². The first-order chi connectivity index (χ1) is 15.0. The molecule has 0 bridgehead atoms. The molecule has 0 aliphatic carbocycles. The topological polar surface area (TPSA) is 70.7 Å². The summed E-state index contributed by atoms with van der Waals surface area (Å²) in [5.74, 6) is 1.08. The highest BCUT2D eigenvalue weighted by Crippen LogP contribution is 2.20. The number of amides is 3. The number of ether oxygens (including phenoxy) is 1. The van der Waals surface area contributed by atoms with Gasteiger partial charge in [0, 0.05) is 30.9 Å². The molecule has 0 spiro atoms. The second-order valence-electron chi connectivity index (χ2n) is 8.19. The van der Waals surface area contributed by atoms with Crippen LogP contribution in [0.15, 0.2) is 48.5 Å². The highest BCUT2D eigenvalue weighted by Gasteiger charge is 2.24. The Kier molecular flexibility index (Phi) is 8.33. The van der Waals surface area contributed by atoms with Gasteiger partial charge in [-0.05, 0) is 68.5 Å². The van der Waals surface area contributed by atoms with E-state index in [2.05, 4.69) is 17.6 Å². The van der Waals surface area contributed by atoms with Crippen LogP contribution in [0.3, 0.4) is 0 Å². The molecule has 1 fully saturated rings. The number of nitrogens with one attached hydrogen (secondary N) is 2. The Morgan fingerprint density at radius 2 is 1.84 bits per heavy atom. The molecular formula is C25H33N3O3. The number of carbonyl (C=O) groups is 2. The summed E-state index contributed by atoms with van der Waals surface area (Å²) in [5.41, 5.74) is 2.59. The molecule has 1 unspecified atom stereocenters. The molecule has 1 saturated heterocycles. The number of nitrogens with zero attached hydrogens (tertiary/aromatic N) is 1. The highest BCUT2D eigenvalue weighted by atomic mass is 16.5. The molecule has 6 heteroatoms. The zero-order valence-electron chi connectivity index (χ0n) is 18.5. The number of hydrogen-bond acceptors (Lipinski definition) is 3. The van der Waals surface area contributed by atoms with Crippen molar-refractivity contribution in [1.29, 1.82) is 0 Å². The molecule has 3 amide bonds. The summed E-state index contributed by atoms with van der Waals surface area (Å²) >= 11 is 0. The van der Waals surface area contributed by atoms with Crippen LogP contribution >= 0.6 is 0 Å². The van der Waals surface area contributed by atoms with Gasteiger partial charge in [-0.15, -0.1) is 0 Å². The molecule has 6 nitrogen and oxygen atoms in total. The van der Waals surface area contributed by atoms with Gasteiger partial charge in [0.25, 0.3) is 5.91 Å². The van der Waals surface area contributed by atoms with Crippen LogP contribution < -0.4 is 15.4 Å². The molecule has 2 N–H and O–H groups in total. The van der Waals surface area contributed by atoms with Gasteiger partial charge in [0.15, 0.2) is 0 Å². The molecule has 0 aromatic heterocycles. The second kappa shape index (κ2) is 11.4. The number of urea groups is 1. The van der Waals surface area contributed by atoms with Crippen molar-refractivity contribution in [3.63, 3.8) is 0 Å². The Morgan fingerprint density at radius 3 is 2.55 bits per heavy atom. The number of hydrogen-bond donors (Lipinski definition) is 2. The molecule has 0 radical (unpaired) electrons. The summed E-state index contributed by atoms with van der Waals surface area (Å²) in [6.07, 6.45) is 4.05. The van der Waals surface area contributed by atoms with E-state index in [1.54, 1.807) is 0 Å². The number of unbranched alkanes of at least 4 members (excludes halogenated alkanes) is 1. The van der Waals surface area contributed by atoms with E-state index in [4.69, 9.17) is 4.74 Å². The van der Waals surface area contributed by atoms with E-state index < -0.39 is 0 Å². The van der Waals surface area contributed by atoms with Gasteiger partial charge in [-0.1, -0.05) is 31.0 Å². The first kappa shape index (κ1) is 22.7. The normalized spacial score (nSPS) is 15.9. The maximum Gasteiger partial charge on any atom is 0.319 e. The lowest BCUT2D eigenvalue weighted by atomic mass is 9.97. The highest BCUT2D eigenvalue weighted by molar-refractivity contribution is 5.94. The second-order valence-corrected chi connectivity index (χ2v) is 8.19. The van der Waals surface area contributed by atoms with Crippen molar-refractivity contribution in [3.8, 4) is 5.75 Å². The molecule has 2 aromatic carbocycles. The molecule has 3 rings (SSSR count). The van der Waals surface area contributed by atoms with E-state index in [1.165, 1.54) is 0 Å². The van der Waals surface area contributed by atoms with E-state index in [0.717, 1.165) is 49.2 Å². The number of likely N-dealkylation sites (tertiary alicyclic amines) is 1. The van der Waals surface area contributed by atoms with Crippen LogP contribution in [-0.4, -0.2) is 43.1 Å². The molecule has 1 heterocycles. The molecule has 1 aliphatic heterocycles. The van der Waals surface area contributed by atoms with Gasteiger partial charge in [0.05, 0.1) is 6.61 Å². The average molecular weight is 424 g/mol. The van der Waals surface area contributed by atoms with E-state index in [-0.39, 0.29) is 17.9 Å². The predicted molar refractivity (Wildman–Crippen MR) is 124 cm³/mol. The minimum Gasteiger partial charge on any atom is -0.494 e. The molecule has 0 saturated carbocycles. The summed E-state index contributed by atoms with van der Waals surface area (Å²) in [5, 5.41) is 5.79. The fourth-order valence-electron chi connectivity index (χ4n) is 3.68. The van der Waals surface area contributed by atoms with E-state index >= 15 is 0 Å². The Labute approximate surface area is 185 Å². The van der Waals surface area contributed by atoms with E-state index in [0.29, 0.717) is 25.3 Å². The van der Waals surface area contributed by atoms with Crippen LogP contribution in [0, 0.1) is 12.8 Å². The van der Waals surface area contributed by atoms with Crippen molar-refractivity contribution in [2.75, 3.05) is 31.6 Å². The first-order valence-electron chi connectivity index (χ1n) is 11.2. The average Bonchev–Trinajstić information content (AvgIpc) is 2.80. The minimum atomic E-state index is -0.217. The quantitative estimate of drug-likeness (QED) is 0.597. The van der Waals surface area contributed by atoms with Gasteiger partial charge in [0.1, 0.15) is 5.75 Å². The zero-order valence-corrected chi connectivity index (χ0v) is 18.5. The summed E-state index contributed by atoms with van der Waals surface area (Å²) in [6, 6.07) is 14.9. The fourth-order valence-corrected chi connectivity index (χ4v) is 3.68. The smallest absolute Gasteiger partial charge is 0.319 e. The molecule has 1 aliphatic rings. The number of anilines is 1. The maximum atomic E-state index is 12.9. The number of benzene rings is 2. The van der Waals surface area contributed by atoms with Gasteiger partial charge in [0.2, 0.25) is 0 Å². The maximum absolute atomic E-state index is 12.9. The monoisotopic (exact) mass is 423 g/mol. The number of carbonyl (C=O) groups excluding carboxylic acids is 2. The van der Waals surface area contributed by atoms with Crippen LogP contribution in [0.4, 0.5) is 10.5 Å². The van der Waals surface area contributed by atoms with Crippen LogP contribution in [0.25, 0.3) is 0 Å². The largest absolute Gasteiger partial charge is 0.494 e. The van der Waals surface area contributed by atoms with Gasteiger partial charge < -0.3 is 20.3 Å². The summed E-state index contributed by atoms with van der Waals surface area (Å²) in [4.78, 5) is 27.0. The number of piperidine rings is 1. The molecule has 31 heavy (non-hydrogen) atoms. The predicted octanol–water partition coefficient (Wildman–Crippen LogP) is 4.85. The van der Waals surface area contributed by atoms with Crippen molar-refractivity contribution >= 4 is 17.6 Å². The van der Waals surface area contributed by atoms with Crippen molar-refractivity contribution < 1.29 is 14.3 Å². The van der Waals surface area contributed by atoms with Gasteiger partial charge in [-0.25, -0.2) is 4.79 Å². The van der Waals surface area contributed by atoms with Crippen LogP contribution in [-0.2, 0) is 0 Å². The zero-order chi connectivity index (χ0) is 22.1. The van der Waals surface area contributed by atoms with Crippen LogP contribution in [0.1, 0.15) is 48.5 Å². The van der Waals surface area contributed by atoms with Crippen LogP contribution in [0.5, 0.6) is 5.75 Å². The lowest BCUT2D eigenvalue weighted by Gasteiger charge is -2.33. The van der Waals surface area contributed by atoms with Crippen molar-refractivity contribution in [2.24, 2.45) is 5.92 Å². The third-order valence-corrected chi connectivity index (χ3v) is 5.53. The standard InChI is InChI=1S/C25H33N3O3/c1-3-4-16-31-23-13-9-21(10-14-23)24(29)28-15-5-6-20(18-28)17-26-25(30)27-22-11-7-19(2)8-12-22/h7-14,20H,3-6,15-18H2,1-2H3,(H2,26,27,30). The van der Waals surface area contributed by atoms with Crippen molar-refractivity contribution in [1.82, 2.24) is 10.2 Å². The van der Waals surface area contributed by atoms with Gasteiger partial charge in [-0.2, -0.15) is 0 Å². The Hall–Kier alpha value is -3.02.